The van der Waals surface area contributed by atoms with E-state index in [-0.39, 0.29) is 24.5 Å². The highest BCUT2D eigenvalue weighted by Gasteiger charge is 2.42. The molecule has 1 aliphatic carbocycles. The largest absolute Gasteiger partial charge is 0.337 e. The maximum absolute atomic E-state index is 13.0. The summed E-state index contributed by atoms with van der Waals surface area (Å²) in [5.74, 6) is 3.05. The lowest BCUT2D eigenvalue weighted by Crippen LogP contribution is -2.50. The number of aliphatic imine (C=N–C) groups is 1. The first-order valence-corrected chi connectivity index (χ1v) is 10.1. The van der Waals surface area contributed by atoms with Crippen molar-refractivity contribution in [3.8, 4) is 0 Å². The van der Waals surface area contributed by atoms with Crippen LogP contribution >= 0.6 is 12.4 Å². The second-order valence-corrected chi connectivity index (χ2v) is 7.74. The Bertz CT molecular complexity index is 887. The number of nitrogens with one attached hydrogen (secondary N) is 1. The van der Waals surface area contributed by atoms with Gasteiger partial charge in [0.05, 0.1) is 12.6 Å². The summed E-state index contributed by atoms with van der Waals surface area (Å²) in [5, 5.41) is 0. The molecule has 6 nitrogen and oxygen atoms in total. The van der Waals surface area contributed by atoms with Crippen molar-refractivity contribution >= 4 is 30.1 Å². The number of carbonyl (C=O) groups excluding carboxylic acids is 1. The molecular formula is C21H26ClN5O. The van der Waals surface area contributed by atoms with Crippen molar-refractivity contribution in [2.75, 3.05) is 18.0 Å². The van der Waals surface area contributed by atoms with Gasteiger partial charge in [-0.2, -0.15) is 0 Å². The fraction of sp³-hybridized carbons (Fsp3) is 0.476. The number of urea groups is 1. The normalized spacial score (nSPS) is 21.4. The summed E-state index contributed by atoms with van der Waals surface area (Å²) in [6.07, 6.45) is 5.73. The number of amidine groups is 1. The molecule has 3 heterocycles. The lowest BCUT2D eigenvalue weighted by atomic mass is 10.1. The summed E-state index contributed by atoms with van der Waals surface area (Å²) in [7, 11) is 0. The number of H-pyrrole nitrogens is 1. The number of hydrogen-bond donors (Lipinski definition) is 1. The van der Waals surface area contributed by atoms with Crippen molar-refractivity contribution in [2.24, 2.45) is 4.99 Å². The van der Waals surface area contributed by atoms with E-state index in [9.17, 15) is 4.79 Å². The first kappa shape index (κ1) is 19.0. The Morgan fingerprint density at radius 2 is 1.93 bits per heavy atom. The van der Waals surface area contributed by atoms with Crippen LogP contribution in [0.4, 0.5) is 10.6 Å². The first-order valence-electron chi connectivity index (χ1n) is 10.1. The third-order valence-corrected chi connectivity index (χ3v) is 5.97. The lowest BCUT2D eigenvalue weighted by molar-refractivity contribution is 0.227. The van der Waals surface area contributed by atoms with Crippen LogP contribution in [0.3, 0.4) is 0 Å². The predicted octanol–water partition coefficient (Wildman–Crippen LogP) is 4.12. The third kappa shape index (κ3) is 3.09. The molecule has 1 fully saturated rings. The molecule has 0 saturated heterocycles. The Morgan fingerprint density at radius 1 is 1.18 bits per heavy atom. The fourth-order valence-corrected chi connectivity index (χ4v) is 4.59. The van der Waals surface area contributed by atoms with Crippen LogP contribution in [0.1, 0.15) is 55.6 Å². The first-order chi connectivity index (χ1) is 13.2. The number of carbonyl (C=O) groups is 1. The average Bonchev–Trinajstić information content (AvgIpc) is 3.42. The molecule has 2 aliphatic heterocycles. The van der Waals surface area contributed by atoms with E-state index in [0.717, 1.165) is 29.6 Å². The van der Waals surface area contributed by atoms with Gasteiger partial charge in [0.25, 0.3) is 0 Å². The van der Waals surface area contributed by atoms with Crippen LogP contribution in [0.5, 0.6) is 0 Å². The van der Waals surface area contributed by atoms with Gasteiger partial charge in [-0.3, -0.25) is 14.8 Å². The topological polar surface area (TPSA) is 64.6 Å². The summed E-state index contributed by atoms with van der Waals surface area (Å²) < 4.78 is 0. The van der Waals surface area contributed by atoms with Gasteiger partial charge < -0.3 is 4.98 Å². The van der Waals surface area contributed by atoms with Gasteiger partial charge in [0, 0.05) is 12.5 Å². The molecule has 28 heavy (non-hydrogen) atoms. The Labute approximate surface area is 171 Å². The number of aromatic nitrogens is 2. The van der Waals surface area contributed by atoms with E-state index in [4.69, 9.17) is 9.98 Å². The summed E-state index contributed by atoms with van der Waals surface area (Å²) in [6, 6.07) is 10.5. The van der Waals surface area contributed by atoms with Gasteiger partial charge in [0.1, 0.15) is 11.5 Å². The number of amides is 2. The second kappa shape index (κ2) is 7.59. The maximum Gasteiger partial charge on any atom is 0.331 e. The molecule has 1 aromatic carbocycles. The van der Waals surface area contributed by atoms with Crippen molar-refractivity contribution in [3.63, 3.8) is 0 Å². The number of imidazole rings is 1. The van der Waals surface area contributed by atoms with Gasteiger partial charge in [-0.25, -0.2) is 9.78 Å². The zero-order valence-electron chi connectivity index (χ0n) is 16.1. The number of rotatable bonds is 4. The Balaban J connectivity index is 0.00000192. The molecule has 5 rings (SSSR count). The number of nitrogens with zero attached hydrogens (tertiary/aromatic N) is 4. The molecule has 1 atom stereocenters. The van der Waals surface area contributed by atoms with E-state index in [1.807, 2.05) is 17.9 Å². The summed E-state index contributed by atoms with van der Waals surface area (Å²) in [6.45, 7) is 3.26. The van der Waals surface area contributed by atoms with E-state index in [2.05, 4.69) is 29.2 Å². The molecule has 0 bridgehead atoms. The molecule has 7 heteroatoms. The zero-order chi connectivity index (χ0) is 18.4. The van der Waals surface area contributed by atoms with Crippen LogP contribution in [0.2, 0.25) is 0 Å². The number of benzene rings is 1. The van der Waals surface area contributed by atoms with Crippen LogP contribution in [0, 0.1) is 0 Å². The molecule has 2 aromatic rings. The highest BCUT2D eigenvalue weighted by Crippen LogP contribution is 2.37. The minimum absolute atomic E-state index is 0. The van der Waals surface area contributed by atoms with Crippen LogP contribution < -0.4 is 4.90 Å². The lowest BCUT2D eigenvalue weighted by Gasteiger charge is -2.31. The zero-order valence-corrected chi connectivity index (χ0v) is 16.9. The quantitative estimate of drug-likeness (QED) is 0.840. The highest BCUT2D eigenvalue weighted by molar-refractivity contribution is 6.18. The molecular weight excluding hydrogens is 374 g/mol. The van der Waals surface area contributed by atoms with Crippen molar-refractivity contribution in [1.29, 1.82) is 0 Å². The SMILES string of the molecule is CCN1C(=O)N2C[C@@H](Cc3ccccc3)N=C2c2[nH]c(C3CCCC3)nc21.Cl. The van der Waals surface area contributed by atoms with Gasteiger partial charge in [-0.05, 0) is 31.7 Å². The molecule has 1 N–H and O–H groups in total. The molecule has 148 valence electrons. The second-order valence-electron chi connectivity index (χ2n) is 7.74. The van der Waals surface area contributed by atoms with E-state index >= 15 is 0 Å². The van der Waals surface area contributed by atoms with Crippen LogP contribution in [0.15, 0.2) is 35.3 Å². The Hall–Kier alpha value is -2.34. The van der Waals surface area contributed by atoms with E-state index in [1.165, 1.54) is 31.2 Å². The van der Waals surface area contributed by atoms with E-state index < -0.39 is 0 Å². The van der Waals surface area contributed by atoms with E-state index in [1.54, 1.807) is 4.90 Å². The average molecular weight is 400 g/mol. The molecule has 0 unspecified atom stereocenters. The molecule has 0 radical (unpaired) electrons. The number of hydrogen-bond acceptors (Lipinski definition) is 3. The number of halogens is 1. The molecule has 1 aromatic heterocycles. The van der Waals surface area contributed by atoms with Gasteiger partial charge in [-0.1, -0.05) is 43.2 Å². The number of fused-ring (bicyclic) bond motifs is 3. The molecule has 2 amide bonds. The van der Waals surface area contributed by atoms with Crippen molar-refractivity contribution in [1.82, 2.24) is 14.9 Å². The van der Waals surface area contributed by atoms with Gasteiger partial charge in [0.15, 0.2) is 11.7 Å². The van der Waals surface area contributed by atoms with Crippen LogP contribution in [-0.2, 0) is 6.42 Å². The van der Waals surface area contributed by atoms with Crippen LogP contribution in [0.25, 0.3) is 0 Å². The smallest absolute Gasteiger partial charge is 0.331 e. The molecule has 1 saturated carbocycles. The Morgan fingerprint density at radius 3 is 2.64 bits per heavy atom. The third-order valence-electron chi connectivity index (χ3n) is 5.97. The number of anilines is 1. The van der Waals surface area contributed by atoms with Crippen molar-refractivity contribution in [2.45, 2.75) is 51.0 Å². The maximum atomic E-state index is 13.0. The van der Waals surface area contributed by atoms with Crippen molar-refractivity contribution in [3.05, 3.63) is 47.4 Å². The van der Waals surface area contributed by atoms with Gasteiger partial charge in [-0.15, -0.1) is 12.4 Å². The standard InChI is InChI=1S/C21H25N5O.ClH/c1-2-25-20-17(23-18(24-20)15-10-6-7-11-15)19-22-16(13-26(19)21(25)27)12-14-8-4-3-5-9-14;/h3-5,8-9,15-16H,2,6-7,10-13H2,1H3,(H,23,24);1H/t16-;/m1./s1. The van der Waals surface area contributed by atoms with Gasteiger partial charge in [0.2, 0.25) is 0 Å². The highest BCUT2D eigenvalue weighted by atomic mass is 35.5. The molecule has 0 spiro atoms. The molecule has 3 aliphatic rings. The number of aromatic amines is 1. The van der Waals surface area contributed by atoms with Crippen LogP contribution in [-0.4, -0.2) is 45.9 Å². The summed E-state index contributed by atoms with van der Waals surface area (Å²) in [5.41, 5.74) is 2.18. The summed E-state index contributed by atoms with van der Waals surface area (Å²) in [4.78, 5) is 30.0. The van der Waals surface area contributed by atoms with Gasteiger partial charge >= 0.3 is 6.03 Å². The van der Waals surface area contributed by atoms with E-state index in [0.29, 0.717) is 19.0 Å². The monoisotopic (exact) mass is 399 g/mol. The minimum atomic E-state index is 0. The predicted molar refractivity (Wildman–Crippen MR) is 113 cm³/mol. The van der Waals surface area contributed by atoms with Crippen molar-refractivity contribution < 1.29 is 4.79 Å². The summed E-state index contributed by atoms with van der Waals surface area (Å²) >= 11 is 0. The minimum Gasteiger partial charge on any atom is -0.337 e. The fourth-order valence-electron chi connectivity index (χ4n) is 4.59. The Kier molecular flexibility index (Phi) is 5.15.